The fraction of sp³-hybridized carbons (Fsp3) is 0.292. The van der Waals surface area contributed by atoms with E-state index in [2.05, 4.69) is 9.97 Å². The molecule has 32 heavy (non-hydrogen) atoms. The van der Waals surface area contributed by atoms with Crippen LogP contribution in [0.15, 0.2) is 54.9 Å². The van der Waals surface area contributed by atoms with Crippen molar-refractivity contribution < 1.29 is 9.59 Å². The molecule has 8 heteroatoms. The van der Waals surface area contributed by atoms with Crippen LogP contribution in [-0.4, -0.2) is 58.9 Å². The van der Waals surface area contributed by atoms with E-state index < -0.39 is 5.91 Å². The molecule has 0 spiro atoms. The maximum absolute atomic E-state index is 12.8. The van der Waals surface area contributed by atoms with E-state index in [1.807, 2.05) is 48.3 Å². The van der Waals surface area contributed by atoms with Crippen LogP contribution in [0.2, 0.25) is 0 Å². The molecule has 0 atom stereocenters. The summed E-state index contributed by atoms with van der Waals surface area (Å²) in [6.45, 7) is 1.25. The smallest absolute Gasteiger partial charge is 0.272 e. The van der Waals surface area contributed by atoms with E-state index in [1.54, 1.807) is 30.5 Å². The Morgan fingerprint density at radius 3 is 2.50 bits per heavy atom. The maximum atomic E-state index is 12.8. The molecule has 1 aliphatic rings. The lowest BCUT2D eigenvalue weighted by Gasteiger charge is -2.32. The molecular formula is C24H26N6O2. The van der Waals surface area contributed by atoms with Crippen LogP contribution in [0.4, 0.5) is 5.95 Å². The Morgan fingerprint density at radius 2 is 1.84 bits per heavy atom. The Morgan fingerprint density at radius 1 is 1.06 bits per heavy atom. The van der Waals surface area contributed by atoms with E-state index in [0.717, 1.165) is 29.7 Å². The van der Waals surface area contributed by atoms with E-state index in [4.69, 9.17) is 10.7 Å². The first-order valence-electron chi connectivity index (χ1n) is 10.6. The molecule has 8 nitrogen and oxygen atoms in total. The van der Waals surface area contributed by atoms with Gasteiger partial charge in [0.25, 0.3) is 5.91 Å². The average Bonchev–Trinajstić information content (AvgIpc) is 2.84. The number of hydrogen-bond acceptors (Lipinski definition) is 6. The molecule has 3 aromatic rings. The van der Waals surface area contributed by atoms with Crippen molar-refractivity contribution in [1.82, 2.24) is 19.9 Å². The number of primary amides is 1. The Hall–Kier alpha value is -3.81. The number of piperidine rings is 1. The van der Waals surface area contributed by atoms with Gasteiger partial charge in [-0.2, -0.15) is 0 Å². The van der Waals surface area contributed by atoms with Gasteiger partial charge in [0.2, 0.25) is 11.9 Å². The predicted molar refractivity (Wildman–Crippen MR) is 122 cm³/mol. The van der Waals surface area contributed by atoms with Gasteiger partial charge < -0.3 is 15.5 Å². The summed E-state index contributed by atoms with van der Waals surface area (Å²) in [5.41, 5.74) is 9.05. The Bertz CT molecular complexity index is 1120. The summed E-state index contributed by atoms with van der Waals surface area (Å²) in [5, 5.41) is 0. The number of pyridine rings is 1. The molecule has 0 unspecified atom stereocenters. The molecule has 0 aliphatic carbocycles. The first-order chi connectivity index (χ1) is 15.4. The molecule has 2 amide bonds. The van der Waals surface area contributed by atoms with Crippen molar-refractivity contribution in [2.45, 2.75) is 18.8 Å². The molecule has 164 valence electrons. The summed E-state index contributed by atoms with van der Waals surface area (Å²) in [4.78, 5) is 41.7. The van der Waals surface area contributed by atoms with E-state index in [0.29, 0.717) is 30.3 Å². The molecule has 0 saturated carbocycles. The zero-order valence-electron chi connectivity index (χ0n) is 18.2. The third-order valence-electron chi connectivity index (χ3n) is 5.72. The fourth-order valence-corrected chi connectivity index (χ4v) is 3.98. The van der Waals surface area contributed by atoms with E-state index in [9.17, 15) is 9.59 Å². The average molecular weight is 431 g/mol. The molecule has 1 aliphatic heterocycles. The number of anilines is 1. The van der Waals surface area contributed by atoms with Gasteiger partial charge in [-0.3, -0.25) is 14.6 Å². The predicted octanol–water partition coefficient (Wildman–Crippen LogP) is 2.72. The van der Waals surface area contributed by atoms with E-state index in [1.165, 1.54) is 0 Å². The molecule has 0 radical (unpaired) electrons. The molecule has 1 saturated heterocycles. The van der Waals surface area contributed by atoms with Crippen molar-refractivity contribution in [2.75, 3.05) is 32.1 Å². The minimum atomic E-state index is -0.472. The lowest BCUT2D eigenvalue weighted by molar-refractivity contribution is 0.0706. The number of aromatic nitrogens is 3. The lowest BCUT2D eigenvalue weighted by Crippen LogP contribution is -2.38. The van der Waals surface area contributed by atoms with Gasteiger partial charge in [0, 0.05) is 56.6 Å². The normalized spacial score (nSPS) is 14.2. The number of benzene rings is 1. The zero-order chi connectivity index (χ0) is 22.7. The molecule has 2 N–H and O–H groups in total. The van der Waals surface area contributed by atoms with Gasteiger partial charge in [-0.1, -0.05) is 18.2 Å². The van der Waals surface area contributed by atoms with Gasteiger partial charge in [0.15, 0.2) is 0 Å². The van der Waals surface area contributed by atoms with Crippen LogP contribution >= 0.6 is 0 Å². The summed E-state index contributed by atoms with van der Waals surface area (Å²) < 4.78 is 0. The van der Waals surface area contributed by atoms with Gasteiger partial charge in [0.1, 0.15) is 5.69 Å². The van der Waals surface area contributed by atoms with Crippen LogP contribution in [0.5, 0.6) is 0 Å². The summed E-state index contributed by atoms with van der Waals surface area (Å²) in [5.74, 6) is 0.272. The SMILES string of the molecule is CN(C)c1ncc(-c2cccc(C(N)=O)c2)c(C2CCN(C(=O)c3ccccn3)CC2)n1. The van der Waals surface area contributed by atoms with Crippen LogP contribution < -0.4 is 10.6 Å². The number of carbonyl (C=O) groups is 2. The minimum Gasteiger partial charge on any atom is -0.366 e. The molecule has 1 aromatic carbocycles. The number of carbonyl (C=O) groups excluding carboxylic acids is 2. The number of amides is 2. The zero-order valence-corrected chi connectivity index (χ0v) is 18.2. The van der Waals surface area contributed by atoms with Crippen molar-refractivity contribution in [3.63, 3.8) is 0 Å². The summed E-state index contributed by atoms with van der Waals surface area (Å²) in [7, 11) is 3.81. The number of nitrogens with zero attached hydrogens (tertiary/aromatic N) is 5. The largest absolute Gasteiger partial charge is 0.366 e. The highest BCUT2D eigenvalue weighted by Crippen LogP contribution is 2.35. The van der Waals surface area contributed by atoms with Crippen LogP contribution in [0.25, 0.3) is 11.1 Å². The first-order valence-corrected chi connectivity index (χ1v) is 10.6. The van der Waals surface area contributed by atoms with Gasteiger partial charge in [-0.15, -0.1) is 0 Å². The summed E-state index contributed by atoms with van der Waals surface area (Å²) in [6, 6.07) is 12.6. The number of rotatable bonds is 5. The Kier molecular flexibility index (Phi) is 6.11. The Labute approximate surface area is 187 Å². The highest BCUT2D eigenvalue weighted by molar-refractivity contribution is 5.94. The van der Waals surface area contributed by atoms with Crippen LogP contribution in [0.1, 0.15) is 45.3 Å². The summed E-state index contributed by atoms with van der Waals surface area (Å²) >= 11 is 0. The monoisotopic (exact) mass is 430 g/mol. The summed E-state index contributed by atoms with van der Waals surface area (Å²) in [6.07, 6.45) is 5.01. The molecule has 1 fully saturated rings. The number of likely N-dealkylation sites (tertiary alicyclic amines) is 1. The van der Waals surface area contributed by atoms with Crippen molar-refractivity contribution in [2.24, 2.45) is 5.73 Å². The quantitative estimate of drug-likeness (QED) is 0.667. The minimum absolute atomic E-state index is 0.0462. The molecule has 4 rings (SSSR count). The maximum Gasteiger partial charge on any atom is 0.272 e. The van der Waals surface area contributed by atoms with Crippen LogP contribution in [-0.2, 0) is 0 Å². The Balaban J connectivity index is 1.61. The second-order valence-corrected chi connectivity index (χ2v) is 8.09. The lowest BCUT2D eigenvalue weighted by atomic mass is 9.88. The first kappa shape index (κ1) is 21.4. The van der Waals surface area contributed by atoms with Gasteiger partial charge in [0.05, 0.1) is 5.69 Å². The highest BCUT2D eigenvalue weighted by atomic mass is 16.2. The topological polar surface area (TPSA) is 105 Å². The molecule has 2 aromatic heterocycles. The van der Waals surface area contributed by atoms with E-state index >= 15 is 0 Å². The molecule has 0 bridgehead atoms. The van der Waals surface area contributed by atoms with Gasteiger partial charge in [-0.05, 0) is 42.7 Å². The van der Waals surface area contributed by atoms with Crippen molar-refractivity contribution in [1.29, 1.82) is 0 Å². The van der Waals surface area contributed by atoms with E-state index in [-0.39, 0.29) is 11.8 Å². The van der Waals surface area contributed by atoms with Gasteiger partial charge in [-0.25, -0.2) is 9.97 Å². The van der Waals surface area contributed by atoms with Crippen LogP contribution in [0, 0.1) is 0 Å². The number of hydrogen-bond donors (Lipinski definition) is 1. The van der Waals surface area contributed by atoms with Crippen molar-refractivity contribution in [3.8, 4) is 11.1 Å². The second kappa shape index (κ2) is 9.13. The van der Waals surface area contributed by atoms with Crippen LogP contribution in [0.3, 0.4) is 0 Å². The molecular weight excluding hydrogens is 404 g/mol. The standard InChI is InChI=1S/C24H26N6O2/c1-29(2)24-27-15-19(17-6-5-7-18(14-17)22(25)31)21(28-24)16-9-12-30(13-10-16)23(32)20-8-3-4-11-26-20/h3-8,11,14-16H,9-10,12-13H2,1-2H3,(H2,25,31). The molecule has 3 heterocycles. The van der Waals surface area contributed by atoms with Gasteiger partial charge >= 0.3 is 0 Å². The van der Waals surface area contributed by atoms with Crippen molar-refractivity contribution >= 4 is 17.8 Å². The third kappa shape index (κ3) is 4.44. The van der Waals surface area contributed by atoms with Crippen molar-refractivity contribution in [3.05, 3.63) is 71.8 Å². The number of nitrogens with two attached hydrogens (primary N) is 1. The highest BCUT2D eigenvalue weighted by Gasteiger charge is 2.28. The fourth-order valence-electron chi connectivity index (χ4n) is 3.98. The second-order valence-electron chi connectivity index (χ2n) is 8.09. The third-order valence-corrected chi connectivity index (χ3v) is 5.72.